The topological polar surface area (TPSA) is 135 Å². The van der Waals surface area contributed by atoms with E-state index in [9.17, 15) is 4.79 Å². The molecule has 10 nitrogen and oxygen atoms in total. The van der Waals surface area contributed by atoms with Crippen molar-refractivity contribution in [1.29, 1.82) is 0 Å². The number of rotatable bonds is 2. The van der Waals surface area contributed by atoms with E-state index < -0.39 is 5.97 Å². The molecule has 0 aliphatic rings. The number of H-pyrrole nitrogens is 2. The number of nitrogens with one attached hydrogen (secondary N) is 2. The quantitative estimate of drug-likeness (QED) is 0.499. The number of nitrogens with zero attached hydrogens (tertiary/aromatic N) is 6. The molecule has 0 aliphatic heterocycles. The predicted molar refractivity (Wildman–Crippen MR) is 68.3 cm³/mol. The molecule has 0 unspecified atom stereocenters. The summed E-state index contributed by atoms with van der Waals surface area (Å²) in [6.07, 6.45) is 5.56. The molecule has 0 fully saturated rings. The van der Waals surface area contributed by atoms with Crippen LogP contribution < -0.4 is 4.74 Å². The van der Waals surface area contributed by atoms with E-state index in [2.05, 4.69) is 39.9 Å². The largest absolute Gasteiger partial charge is 0.399 e. The van der Waals surface area contributed by atoms with E-state index >= 15 is 0 Å². The number of fused-ring (bicyclic) bond motifs is 2. The first-order valence-corrected chi connectivity index (χ1v) is 5.83. The van der Waals surface area contributed by atoms with Crippen molar-refractivity contribution in [3.8, 4) is 5.88 Å². The fourth-order valence-electron chi connectivity index (χ4n) is 1.81. The second-order valence-corrected chi connectivity index (χ2v) is 4.01. The zero-order valence-electron chi connectivity index (χ0n) is 10.3. The summed E-state index contributed by atoms with van der Waals surface area (Å²) in [5, 5.41) is 0. The lowest BCUT2D eigenvalue weighted by Crippen LogP contribution is -2.11. The van der Waals surface area contributed by atoms with Crippen molar-refractivity contribution in [2.45, 2.75) is 0 Å². The van der Waals surface area contributed by atoms with Crippen LogP contribution in [0.5, 0.6) is 5.88 Å². The maximum Gasteiger partial charge on any atom is 0.381 e. The Bertz CT molecular complexity index is 926. The fourth-order valence-corrected chi connectivity index (χ4v) is 1.81. The lowest BCUT2D eigenvalue weighted by Gasteiger charge is -2.00. The molecule has 21 heavy (non-hydrogen) atoms. The van der Waals surface area contributed by atoms with E-state index in [0.29, 0.717) is 22.3 Å². The molecule has 4 aromatic rings. The molecule has 0 saturated heterocycles. The van der Waals surface area contributed by atoms with E-state index in [1.165, 1.54) is 25.2 Å². The second kappa shape index (κ2) is 4.30. The summed E-state index contributed by atoms with van der Waals surface area (Å²) in [7, 11) is 0. The van der Waals surface area contributed by atoms with E-state index in [1.807, 2.05) is 0 Å². The summed E-state index contributed by atoms with van der Waals surface area (Å²) in [6.45, 7) is 0. The van der Waals surface area contributed by atoms with Gasteiger partial charge >= 0.3 is 5.97 Å². The molecule has 102 valence electrons. The van der Waals surface area contributed by atoms with Gasteiger partial charge in [0, 0.05) is 0 Å². The highest BCUT2D eigenvalue weighted by molar-refractivity contribution is 5.92. The van der Waals surface area contributed by atoms with Crippen LogP contribution in [0.25, 0.3) is 22.3 Å². The van der Waals surface area contributed by atoms with Crippen molar-refractivity contribution in [2.75, 3.05) is 0 Å². The zero-order valence-corrected chi connectivity index (χ0v) is 10.3. The summed E-state index contributed by atoms with van der Waals surface area (Å²) in [4.78, 5) is 41.3. The summed E-state index contributed by atoms with van der Waals surface area (Å²) in [5.41, 5.74) is 1.76. The van der Waals surface area contributed by atoms with Gasteiger partial charge in [-0.25, -0.2) is 29.7 Å². The molecule has 0 amide bonds. The lowest BCUT2D eigenvalue weighted by molar-refractivity contribution is 0.0718. The first-order chi connectivity index (χ1) is 10.3. The Morgan fingerprint density at radius 3 is 2.90 bits per heavy atom. The fraction of sp³-hybridized carbons (Fsp3) is 0. The molecular weight excluding hydrogens is 276 g/mol. The number of carbonyl (C=O) groups excluding carboxylic acids is 1. The van der Waals surface area contributed by atoms with Gasteiger partial charge in [-0.2, -0.15) is 4.98 Å². The summed E-state index contributed by atoms with van der Waals surface area (Å²) in [6, 6.07) is 0. The van der Waals surface area contributed by atoms with Gasteiger partial charge in [0.25, 0.3) is 5.88 Å². The third-order valence-corrected chi connectivity index (χ3v) is 2.73. The van der Waals surface area contributed by atoms with Crippen molar-refractivity contribution in [2.24, 2.45) is 0 Å². The monoisotopic (exact) mass is 282 g/mol. The molecule has 0 saturated carbocycles. The molecule has 0 radical (unpaired) electrons. The van der Waals surface area contributed by atoms with E-state index in [-0.39, 0.29) is 11.7 Å². The van der Waals surface area contributed by atoms with E-state index in [4.69, 9.17) is 4.74 Å². The molecule has 4 rings (SSSR count). The average molecular weight is 282 g/mol. The molecule has 4 heterocycles. The van der Waals surface area contributed by atoms with Crippen molar-refractivity contribution >= 4 is 28.3 Å². The lowest BCUT2D eigenvalue weighted by atomic mass is 10.5. The van der Waals surface area contributed by atoms with Gasteiger partial charge in [-0.05, 0) is 0 Å². The van der Waals surface area contributed by atoms with Crippen LogP contribution in [0.2, 0.25) is 0 Å². The number of carbonyl (C=O) groups is 1. The van der Waals surface area contributed by atoms with Crippen LogP contribution >= 0.6 is 0 Å². The minimum Gasteiger partial charge on any atom is -0.399 e. The van der Waals surface area contributed by atoms with Crippen LogP contribution in [0.15, 0.2) is 25.2 Å². The van der Waals surface area contributed by atoms with Crippen molar-refractivity contribution in [1.82, 2.24) is 39.9 Å². The molecule has 0 aromatic carbocycles. The molecule has 0 atom stereocenters. The van der Waals surface area contributed by atoms with Gasteiger partial charge < -0.3 is 14.7 Å². The Labute approximate surface area is 115 Å². The van der Waals surface area contributed by atoms with E-state index in [1.54, 1.807) is 0 Å². The molecule has 2 N–H and O–H groups in total. The highest BCUT2D eigenvalue weighted by Gasteiger charge is 2.17. The molecule has 4 aromatic heterocycles. The normalized spacial score (nSPS) is 11.0. The van der Waals surface area contributed by atoms with Gasteiger partial charge in [-0.1, -0.05) is 0 Å². The van der Waals surface area contributed by atoms with Crippen LogP contribution in [0.3, 0.4) is 0 Å². The number of esters is 1. The zero-order chi connectivity index (χ0) is 14.2. The van der Waals surface area contributed by atoms with Gasteiger partial charge in [0.05, 0.1) is 12.5 Å². The average Bonchev–Trinajstić information content (AvgIpc) is 3.14. The van der Waals surface area contributed by atoms with Gasteiger partial charge in [-0.3, -0.25) is 0 Å². The minimum atomic E-state index is -0.692. The maximum atomic E-state index is 12.1. The summed E-state index contributed by atoms with van der Waals surface area (Å²) >= 11 is 0. The summed E-state index contributed by atoms with van der Waals surface area (Å²) < 4.78 is 5.20. The van der Waals surface area contributed by atoms with Crippen LogP contribution in [0, 0.1) is 0 Å². The molecule has 0 aliphatic carbocycles. The standard InChI is InChI=1S/C11H6N8O2/c20-11(9-18-5-1-12-2-14-7(5)19-9)21-10-6-8(15-3-13-6)16-4-17-10/h1-4H,(H,12,14,18,19)(H,13,15,16,17). The first kappa shape index (κ1) is 11.4. The predicted octanol–water partition coefficient (Wildman–Crippen LogP) is 0.238. The Balaban J connectivity index is 1.70. The Hall–Kier alpha value is -3.43. The van der Waals surface area contributed by atoms with Gasteiger partial charge in [0.2, 0.25) is 5.82 Å². The highest BCUT2D eigenvalue weighted by atomic mass is 16.5. The number of hydrogen-bond acceptors (Lipinski definition) is 8. The van der Waals surface area contributed by atoms with Gasteiger partial charge in [-0.15, -0.1) is 0 Å². The molecule has 10 heteroatoms. The van der Waals surface area contributed by atoms with Crippen molar-refractivity contribution in [3.05, 3.63) is 31.0 Å². The van der Waals surface area contributed by atoms with Crippen LogP contribution in [-0.4, -0.2) is 45.8 Å². The molecule has 0 spiro atoms. The van der Waals surface area contributed by atoms with Gasteiger partial charge in [0.1, 0.15) is 23.7 Å². The SMILES string of the molecule is O=C(Oc1ncnc2nc[nH]c12)c1nc2ncncc2[nH]1. The number of aromatic nitrogens is 8. The third-order valence-electron chi connectivity index (χ3n) is 2.73. The van der Waals surface area contributed by atoms with Crippen molar-refractivity contribution < 1.29 is 9.53 Å². The van der Waals surface area contributed by atoms with Crippen LogP contribution in [0.4, 0.5) is 0 Å². The van der Waals surface area contributed by atoms with Gasteiger partial charge in [0.15, 0.2) is 11.3 Å². The third kappa shape index (κ3) is 1.85. The Morgan fingerprint density at radius 2 is 2.00 bits per heavy atom. The number of imidazole rings is 2. The van der Waals surface area contributed by atoms with Crippen LogP contribution in [-0.2, 0) is 0 Å². The Kier molecular flexibility index (Phi) is 2.33. The minimum absolute atomic E-state index is 0.0109. The Morgan fingerprint density at radius 1 is 1.10 bits per heavy atom. The molecule has 0 bridgehead atoms. The number of ether oxygens (including phenoxy) is 1. The van der Waals surface area contributed by atoms with Crippen molar-refractivity contribution in [3.63, 3.8) is 0 Å². The molecular formula is C11H6N8O2. The maximum absolute atomic E-state index is 12.1. The second-order valence-electron chi connectivity index (χ2n) is 4.01. The number of aromatic amines is 2. The van der Waals surface area contributed by atoms with E-state index in [0.717, 1.165) is 0 Å². The highest BCUT2D eigenvalue weighted by Crippen LogP contribution is 2.18. The van der Waals surface area contributed by atoms with Crippen LogP contribution in [0.1, 0.15) is 10.6 Å². The smallest absolute Gasteiger partial charge is 0.381 e. The first-order valence-electron chi connectivity index (χ1n) is 5.83. The summed E-state index contributed by atoms with van der Waals surface area (Å²) in [5.74, 6) is -0.603. The number of hydrogen-bond donors (Lipinski definition) is 2.